The minimum absolute atomic E-state index is 0.0657. The summed E-state index contributed by atoms with van der Waals surface area (Å²) < 4.78 is 4.86. The summed E-state index contributed by atoms with van der Waals surface area (Å²) in [5.41, 5.74) is -0.183. The van der Waals surface area contributed by atoms with Gasteiger partial charge in [0.1, 0.15) is 6.04 Å². The van der Waals surface area contributed by atoms with Crippen LogP contribution in [0.3, 0.4) is 0 Å². The number of hydrogen-bond donors (Lipinski definition) is 2. The van der Waals surface area contributed by atoms with E-state index in [4.69, 9.17) is 9.84 Å². The maximum Gasteiger partial charge on any atom is 0.326 e. The third kappa shape index (κ3) is 3.91. The predicted octanol–water partition coefficient (Wildman–Crippen LogP) is 1.44. The van der Waals surface area contributed by atoms with Gasteiger partial charge < -0.3 is 15.2 Å². The first-order valence-corrected chi connectivity index (χ1v) is 6.14. The maximum absolute atomic E-state index is 12.0. The molecule has 0 heterocycles. The average molecular weight is 296 g/mol. The third-order valence-corrected chi connectivity index (χ3v) is 2.86. The van der Waals surface area contributed by atoms with Crippen molar-refractivity contribution in [3.63, 3.8) is 0 Å². The van der Waals surface area contributed by atoms with Crippen LogP contribution in [-0.4, -0.2) is 35.1 Å². The van der Waals surface area contributed by atoms with E-state index >= 15 is 0 Å². The van der Waals surface area contributed by atoms with E-state index in [2.05, 4.69) is 5.32 Å². The fraction of sp³-hybridized carbons (Fsp3) is 0.385. The fourth-order valence-corrected chi connectivity index (χ4v) is 1.71. The van der Waals surface area contributed by atoms with Gasteiger partial charge in [-0.05, 0) is 12.0 Å². The van der Waals surface area contributed by atoms with Crippen molar-refractivity contribution in [2.24, 2.45) is 5.92 Å². The Hall–Kier alpha value is -2.64. The summed E-state index contributed by atoms with van der Waals surface area (Å²) >= 11 is 0. The summed E-state index contributed by atoms with van der Waals surface area (Å²) in [5, 5.41) is 22.2. The number of carbonyl (C=O) groups excluding carboxylic acids is 1. The van der Waals surface area contributed by atoms with E-state index in [1.165, 1.54) is 19.2 Å². The summed E-state index contributed by atoms with van der Waals surface area (Å²) in [4.78, 5) is 33.2. The zero-order valence-electron chi connectivity index (χ0n) is 11.8. The molecular formula is C13H16N2O6. The van der Waals surface area contributed by atoms with Gasteiger partial charge in [0, 0.05) is 17.7 Å². The molecule has 0 fully saturated rings. The molecule has 0 unspecified atom stereocenters. The van der Waals surface area contributed by atoms with Crippen LogP contribution in [0.15, 0.2) is 18.2 Å². The van der Waals surface area contributed by atoms with Gasteiger partial charge >= 0.3 is 11.7 Å². The molecule has 0 aliphatic carbocycles. The van der Waals surface area contributed by atoms with Crippen LogP contribution in [0.1, 0.15) is 24.2 Å². The predicted molar refractivity (Wildman–Crippen MR) is 73.4 cm³/mol. The van der Waals surface area contributed by atoms with E-state index in [-0.39, 0.29) is 22.9 Å². The van der Waals surface area contributed by atoms with Crippen LogP contribution in [0.4, 0.5) is 5.69 Å². The van der Waals surface area contributed by atoms with Crippen molar-refractivity contribution in [2.75, 3.05) is 7.11 Å². The smallest absolute Gasteiger partial charge is 0.326 e. The van der Waals surface area contributed by atoms with Crippen molar-refractivity contribution in [2.45, 2.75) is 19.9 Å². The zero-order chi connectivity index (χ0) is 16.2. The Balaban J connectivity index is 3.03. The molecule has 0 aromatic heterocycles. The number of methoxy groups -OCH3 is 1. The normalized spacial score (nSPS) is 11.8. The number of aliphatic carboxylic acids is 1. The summed E-state index contributed by atoms with van der Waals surface area (Å²) in [6.45, 7) is 3.32. The van der Waals surface area contributed by atoms with Crippen LogP contribution >= 0.6 is 0 Å². The molecule has 0 spiro atoms. The Morgan fingerprint density at radius 2 is 2.00 bits per heavy atom. The van der Waals surface area contributed by atoms with Gasteiger partial charge in [0.25, 0.3) is 5.91 Å². The summed E-state index contributed by atoms with van der Waals surface area (Å²) in [6.07, 6.45) is 0. The molecule has 0 saturated carbocycles. The first-order valence-electron chi connectivity index (χ1n) is 6.14. The Morgan fingerprint density at radius 1 is 1.38 bits per heavy atom. The minimum atomic E-state index is -1.15. The summed E-state index contributed by atoms with van der Waals surface area (Å²) in [5.74, 6) is -2.15. The lowest BCUT2D eigenvalue weighted by Crippen LogP contribution is -2.44. The second kappa shape index (κ2) is 6.69. The van der Waals surface area contributed by atoms with Gasteiger partial charge in [0.2, 0.25) is 0 Å². The zero-order valence-corrected chi connectivity index (χ0v) is 11.8. The molecule has 0 aliphatic rings. The van der Waals surface area contributed by atoms with Crippen molar-refractivity contribution >= 4 is 17.6 Å². The largest absolute Gasteiger partial charge is 0.490 e. The number of carbonyl (C=O) groups is 2. The van der Waals surface area contributed by atoms with E-state index in [0.29, 0.717) is 0 Å². The highest BCUT2D eigenvalue weighted by Gasteiger charge is 2.25. The number of nitrogens with zero attached hydrogens (tertiary/aromatic N) is 1. The van der Waals surface area contributed by atoms with E-state index < -0.39 is 22.8 Å². The van der Waals surface area contributed by atoms with Crippen LogP contribution < -0.4 is 10.1 Å². The first-order chi connectivity index (χ1) is 9.77. The molecule has 114 valence electrons. The second-order valence-electron chi connectivity index (χ2n) is 4.68. The quantitative estimate of drug-likeness (QED) is 0.605. The molecule has 1 aromatic carbocycles. The van der Waals surface area contributed by atoms with E-state index in [0.717, 1.165) is 6.07 Å². The van der Waals surface area contributed by atoms with Crippen LogP contribution in [-0.2, 0) is 4.79 Å². The number of nitro benzene ring substituents is 1. The molecule has 1 atom stereocenters. The monoisotopic (exact) mass is 296 g/mol. The number of rotatable bonds is 6. The van der Waals surface area contributed by atoms with Crippen molar-refractivity contribution in [3.05, 3.63) is 33.9 Å². The highest BCUT2D eigenvalue weighted by molar-refractivity contribution is 5.97. The number of amides is 1. The Bertz CT molecular complexity index is 570. The van der Waals surface area contributed by atoms with Crippen LogP contribution in [0, 0.1) is 16.0 Å². The fourth-order valence-electron chi connectivity index (χ4n) is 1.71. The van der Waals surface area contributed by atoms with Crippen molar-refractivity contribution in [1.82, 2.24) is 5.32 Å². The third-order valence-electron chi connectivity index (χ3n) is 2.86. The molecule has 0 bridgehead atoms. The van der Waals surface area contributed by atoms with Crippen molar-refractivity contribution < 1.29 is 24.4 Å². The lowest BCUT2D eigenvalue weighted by molar-refractivity contribution is -0.385. The van der Waals surface area contributed by atoms with Gasteiger partial charge in [-0.25, -0.2) is 4.79 Å². The van der Waals surface area contributed by atoms with Crippen molar-refractivity contribution in [3.8, 4) is 5.75 Å². The molecular weight excluding hydrogens is 280 g/mol. The Kier molecular flexibility index (Phi) is 5.23. The first kappa shape index (κ1) is 16.4. The van der Waals surface area contributed by atoms with E-state index in [1.54, 1.807) is 13.8 Å². The SMILES string of the molecule is COc1cc(C(=O)N[C@H](C(=O)O)C(C)C)ccc1[N+](=O)[O-]. The molecule has 8 nitrogen and oxygen atoms in total. The highest BCUT2D eigenvalue weighted by atomic mass is 16.6. The van der Waals surface area contributed by atoms with Gasteiger partial charge in [-0.2, -0.15) is 0 Å². The highest BCUT2D eigenvalue weighted by Crippen LogP contribution is 2.27. The lowest BCUT2D eigenvalue weighted by atomic mass is 10.0. The van der Waals surface area contributed by atoms with Crippen molar-refractivity contribution in [1.29, 1.82) is 0 Å². The van der Waals surface area contributed by atoms with Gasteiger partial charge in [-0.3, -0.25) is 14.9 Å². The maximum atomic E-state index is 12.0. The molecule has 21 heavy (non-hydrogen) atoms. The molecule has 1 aromatic rings. The van der Waals surface area contributed by atoms with E-state index in [9.17, 15) is 19.7 Å². The van der Waals surface area contributed by atoms with Gasteiger partial charge in [-0.15, -0.1) is 0 Å². The number of benzene rings is 1. The van der Waals surface area contributed by atoms with Crippen LogP contribution in [0.5, 0.6) is 5.75 Å². The molecule has 8 heteroatoms. The number of carboxylic acids is 1. The van der Waals surface area contributed by atoms with Gasteiger partial charge in [-0.1, -0.05) is 13.8 Å². The number of ether oxygens (including phenoxy) is 1. The second-order valence-corrected chi connectivity index (χ2v) is 4.68. The van der Waals surface area contributed by atoms with Gasteiger partial charge in [0.05, 0.1) is 12.0 Å². The molecule has 1 rings (SSSR count). The number of carboxylic acid groups (broad SMARTS) is 1. The number of nitro groups is 1. The van der Waals surface area contributed by atoms with Crippen LogP contribution in [0.25, 0.3) is 0 Å². The minimum Gasteiger partial charge on any atom is -0.490 e. The topological polar surface area (TPSA) is 119 Å². The molecule has 0 radical (unpaired) electrons. The number of hydrogen-bond acceptors (Lipinski definition) is 5. The number of nitrogens with one attached hydrogen (secondary N) is 1. The Labute approximate surface area is 120 Å². The molecule has 1 amide bonds. The molecule has 0 saturated heterocycles. The summed E-state index contributed by atoms with van der Waals surface area (Å²) in [6, 6.07) is 2.54. The van der Waals surface area contributed by atoms with Crippen LogP contribution in [0.2, 0.25) is 0 Å². The lowest BCUT2D eigenvalue weighted by Gasteiger charge is -2.18. The van der Waals surface area contributed by atoms with Gasteiger partial charge in [0.15, 0.2) is 5.75 Å². The van der Waals surface area contributed by atoms with E-state index in [1.807, 2.05) is 0 Å². The Morgan fingerprint density at radius 3 is 2.43 bits per heavy atom. The average Bonchev–Trinajstić information content (AvgIpc) is 2.42. The molecule has 0 aliphatic heterocycles. The standard InChI is InChI=1S/C13H16N2O6/c1-7(2)11(13(17)18)14-12(16)8-4-5-9(15(19)20)10(6-8)21-3/h4-7,11H,1-3H3,(H,14,16)(H,17,18)/t11-/m0/s1. The summed E-state index contributed by atoms with van der Waals surface area (Å²) in [7, 11) is 1.25. The molecule has 2 N–H and O–H groups in total.